The van der Waals surface area contributed by atoms with Crippen LogP contribution in [0.4, 0.5) is 8.78 Å². The third-order valence-corrected chi connectivity index (χ3v) is 5.12. The highest BCUT2D eigenvalue weighted by Gasteiger charge is 2.18. The molecule has 0 radical (unpaired) electrons. The number of ketones is 1. The van der Waals surface area contributed by atoms with E-state index in [0.29, 0.717) is 16.9 Å². The number of carbonyl (C=O) groups is 1. The Bertz CT molecular complexity index is 1350. The summed E-state index contributed by atoms with van der Waals surface area (Å²) in [6, 6.07) is 12.3. The summed E-state index contributed by atoms with van der Waals surface area (Å²) in [5.74, 6) is -1.47. The van der Waals surface area contributed by atoms with E-state index < -0.39 is 22.8 Å². The molecule has 7 heteroatoms. The van der Waals surface area contributed by atoms with Gasteiger partial charge in [0.15, 0.2) is 5.78 Å². The third-order valence-electron chi connectivity index (χ3n) is 4.77. The molecule has 30 heavy (non-hydrogen) atoms. The molecule has 2 aromatic carbocycles. The Morgan fingerprint density at radius 2 is 1.73 bits per heavy atom. The van der Waals surface area contributed by atoms with Crippen LogP contribution in [0.15, 0.2) is 65.6 Å². The highest BCUT2D eigenvalue weighted by atomic mass is 35.5. The van der Waals surface area contributed by atoms with Gasteiger partial charge >= 0.3 is 0 Å². The average Bonchev–Trinajstić information content (AvgIpc) is 2.72. The lowest BCUT2D eigenvalue weighted by atomic mass is 10.0. The van der Waals surface area contributed by atoms with Gasteiger partial charge in [-0.1, -0.05) is 17.7 Å². The Balaban J connectivity index is 1.91. The van der Waals surface area contributed by atoms with Crippen molar-refractivity contribution in [1.82, 2.24) is 9.55 Å². The molecule has 0 N–H and O–H groups in total. The fraction of sp³-hybridized carbons (Fsp3) is 0.0870. The Hall–Kier alpha value is -3.38. The van der Waals surface area contributed by atoms with Gasteiger partial charge < -0.3 is 4.57 Å². The lowest BCUT2D eigenvalue weighted by Gasteiger charge is -2.14. The SMILES string of the molecule is Cc1ccc2c(=O)c(C(=O)c3ccc(F)cc3)cn(Cc3ccc(F)cc3Cl)c2n1. The van der Waals surface area contributed by atoms with Gasteiger partial charge in [0, 0.05) is 22.5 Å². The van der Waals surface area contributed by atoms with Crippen LogP contribution < -0.4 is 5.43 Å². The Labute approximate surface area is 175 Å². The highest BCUT2D eigenvalue weighted by molar-refractivity contribution is 6.31. The zero-order valence-corrected chi connectivity index (χ0v) is 16.6. The maximum atomic E-state index is 13.4. The van der Waals surface area contributed by atoms with E-state index in [1.807, 2.05) is 0 Å². The molecule has 4 rings (SSSR count). The molecule has 150 valence electrons. The van der Waals surface area contributed by atoms with Crippen LogP contribution in [0, 0.1) is 18.6 Å². The fourth-order valence-electron chi connectivity index (χ4n) is 3.23. The zero-order valence-electron chi connectivity index (χ0n) is 15.8. The van der Waals surface area contributed by atoms with Gasteiger partial charge in [0.2, 0.25) is 5.43 Å². The molecule has 2 heterocycles. The lowest BCUT2D eigenvalue weighted by molar-refractivity contribution is 0.103. The number of nitrogens with zero attached hydrogens (tertiary/aromatic N) is 2. The molecule has 0 spiro atoms. The van der Waals surface area contributed by atoms with Gasteiger partial charge in [-0.2, -0.15) is 0 Å². The maximum Gasteiger partial charge on any atom is 0.202 e. The molecule has 2 aromatic heterocycles. The maximum absolute atomic E-state index is 13.4. The molecular weight excluding hydrogens is 410 g/mol. The predicted octanol–water partition coefficient (Wildman–Crippen LogP) is 4.92. The molecule has 4 nitrogen and oxygen atoms in total. The third kappa shape index (κ3) is 3.74. The Kier molecular flexibility index (Phi) is 5.18. The van der Waals surface area contributed by atoms with Crippen LogP contribution in [0.3, 0.4) is 0 Å². The van der Waals surface area contributed by atoms with Gasteiger partial charge in [-0.25, -0.2) is 13.8 Å². The number of hydrogen-bond donors (Lipinski definition) is 0. The van der Waals surface area contributed by atoms with Crippen LogP contribution in [-0.2, 0) is 6.54 Å². The Morgan fingerprint density at radius 1 is 1.03 bits per heavy atom. The highest BCUT2D eigenvalue weighted by Crippen LogP contribution is 2.21. The van der Waals surface area contributed by atoms with Gasteiger partial charge in [-0.15, -0.1) is 0 Å². The van der Waals surface area contributed by atoms with Crippen LogP contribution in [0.5, 0.6) is 0 Å². The van der Waals surface area contributed by atoms with Crippen molar-refractivity contribution >= 4 is 28.4 Å². The second kappa shape index (κ2) is 7.80. The van der Waals surface area contributed by atoms with E-state index in [1.54, 1.807) is 29.7 Å². The van der Waals surface area contributed by atoms with Crippen molar-refractivity contribution in [1.29, 1.82) is 0 Å². The first-order valence-electron chi connectivity index (χ1n) is 9.08. The molecule has 0 aliphatic carbocycles. The van der Waals surface area contributed by atoms with Gasteiger partial charge in [-0.3, -0.25) is 9.59 Å². The van der Waals surface area contributed by atoms with E-state index in [0.717, 1.165) is 12.1 Å². The quantitative estimate of drug-likeness (QED) is 0.437. The smallest absolute Gasteiger partial charge is 0.202 e. The van der Waals surface area contributed by atoms with Crippen LogP contribution in [0.1, 0.15) is 27.2 Å². The first kappa shape index (κ1) is 19.9. The van der Waals surface area contributed by atoms with Gasteiger partial charge in [0.05, 0.1) is 17.5 Å². The largest absolute Gasteiger partial charge is 0.327 e. The standard InChI is InChI=1S/C23H15ClF2N2O2/c1-13-2-9-18-22(30)19(21(29)14-3-6-16(25)7-4-14)12-28(23(18)27-13)11-15-5-8-17(26)10-20(15)24/h2-10,12H,11H2,1H3. The summed E-state index contributed by atoms with van der Waals surface area (Å²) in [6.45, 7) is 1.97. The van der Waals surface area contributed by atoms with Crippen LogP contribution in [0.2, 0.25) is 5.02 Å². The number of fused-ring (bicyclic) bond motifs is 1. The van der Waals surface area contributed by atoms with Gasteiger partial charge in [0.25, 0.3) is 0 Å². The summed E-state index contributed by atoms with van der Waals surface area (Å²) in [6.07, 6.45) is 1.42. The second-order valence-electron chi connectivity index (χ2n) is 6.90. The minimum absolute atomic E-state index is 0.0713. The predicted molar refractivity (Wildman–Crippen MR) is 111 cm³/mol. The topological polar surface area (TPSA) is 52.0 Å². The summed E-state index contributed by atoms with van der Waals surface area (Å²) >= 11 is 6.17. The molecule has 0 saturated carbocycles. The normalized spacial score (nSPS) is 11.1. The average molecular weight is 425 g/mol. The molecule has 0 amide bonds. The summed E-state index contributed by atoms with van der Waals surface area (Å²) in [5, 5.41) is 0.493. The fourth-order valence-corrected chi connectivity index (χ4v) is 3.46. The first-order chi connectivity index (χ1) is 14.3. The number of hydrogen-bond acceptors (Lipinski definition) is 3. The number of aromatic nitrogens is 2. The molecule has 0 saturated heterocycles. The molecule has 0 fully saturated rings. The van der Waals surface area contributed by atoms with Gasteiger partial charge in [0.1, 0.15) is 17.3 Å². The van der Waals surface area contributed by atoms with Crippen molar-refractivity contribution in [2.45, 2.75) is 13.5 Å². The molecular formula is C23H15ClF2N2O2. The van der Waals surface area contributed by atoms with Crippen molar-refractivity contribution in [3.8, 4) is 0 Å². The minimum atomic E-state index is -0.526. The van der Waals surface area contributed by atoms with E-state index in [-0.39, 0.29) is 28.1 Å². The number of pyridine rings is 2. The second-order valence-corrected chi connectivity index (χ2v) is 7.30. The van der Waals surface area contributed by atoms with Gasteiger partial charge in [-0.05, 0) is 61.0 Å². The molecule has 0 aliphatic heterocycles. The molecule has 0 aliphatic rings. The van der Waals surface area contributed by atoms with E-state index in [2.05, 4.69) is 4.98 Å². The number of aryl methyl sites for hydroxylation is 1. The summed E-state index contributed by atoms with van der Waals surface area (Å²) < 4.78 is 28.3. The van der Waals surface area contributed by atoms with E-state index in [9.17, 15) is 18.4 Å². The molecule has 4 aromatic rings. The number of rotatable bonds is 4. The summed E-state index contributed by atoms with van der Waals surface area (Å²) in [4.78, 5) is 30.4. The minimum Gasteiger partial charge on any atom is -0.327 e. The van der Waals surface area contributed by atoms with Crippen molar-refractivity contribution in [3.05, 3.63) is 110 Å². The van der Waals surface area contributed by atoms with Crippen molar-refractivity contribution in [2.75, 3.05) is 0 Å². The molecule has 0 atom stereocenters. The number of halogens is 3. The molecule has 0 unspecified atom stereocenters. The van der Waals surface area contributed by atoms with E-state index in [4.69, 9.17) is 11.6 Å². The van der Waals surface area contributed by atoms with Crippen LogP contribution in [0.25, 0.3) is 11.0 Å². The zero-order chi connectivity index (χ0) is 21.4. The van der Waals surface area contributed by atoms with Crippen molar-refractivity contribution in [2.24, 2.45) is 0 Å². The van der Waals surface area contributed by atoms with Crippen LogP contribution in [-0.4, -0.2) is 15.3 Å². The van der Waals surface area contributed by atoms with E-state index >= 15 is 0 Å². The van der Waals surface area contributed by atoms with Crippen molar-refractivity contribution in [3.63, 3.8) is 0 Å². The Morgan fingerprint density at radius 3 is 2.43 bits per heavy atom. The van der Waals surface area contributed by atoms with Crippen molar-refractivity contribution < 1.29 is 13.6 Å². The first-order valence-corrected chi connectivity index (χ1v) is 9.46. The molecule has 0 bridgehead atoms. The van der Waals surface area contributed by atoms with E-state index in [1.165, 1.54) is 30.5 Å². The number of carbonyl (C=O) groups excluding carboxylic acids is 1. The van der Waals surface area contributed by atoms with Crippen LogP contribution >= 0.6 is 11.6 Å². The monoisotopic (exact) mass is 424 g/mol. The lowest BCUT2D eigenvalue weighted by Crippen LogP contribution is -2.21. The summed E-state index contributed by atoms with van der Waals surface area (Å²) in [5.41, 5.74) is 1.34. The summed E-state index contributed by atoms with van der Waals surface area (Å²) in [7, 11) is 0. The number of benzene rings is 2.